The number of para-hydroxylation sites is 1. The molecule has 0 bridgehead atoms. The predicted octanol–water partition coefficient (Wildman–Crippen LogP) is 2.85. The van der Waals surface area contributed by atoms with Crippen molar-refractivity contribution in [2.75, 3.05) is 38.5 Å². The van der Waals surface area contributed by atoms with Gasteiger partial charge in [-0.1, -0.05) is 32.0 Å². The number of aromatic nitrogens is 1. The number of aryl methyl sites for hydroxylation is 2. The third-order valence-electron chi connectivity index (χ3n) is 5.27. The Morgan fingerprint density at radius 2 is 1.68 bits per heavy atom. The van der Waals surface area contributed by atoms with Crippen LogP contribution in [0.2, 0.25) is 0 Å². The monoisotopic (exact) mass is 380 g/mol. The molecule has 1 aromatic heterocycles. The van der Waals surface area contributed by atoms with Gasteiger partial charge < -0.3 is 15.1 Å². The van der Waals surface area contributed by atoms with Gasteiger partial charge in [-0.15, -0.1) is 0 Å². The first-order valence-electron chi connectivity index (χ1n) is 9.89. The van der Waals surface area contributed by atoms with E-state index in [4.69, 9.17) is 0 Å². The third kappa shape index (κ3) is 4.39. The van der Waals surface area contributed by atoms with Crippen LogP contribution in [-0.2, 0) is 12.8 Å². The lowest BCUT2D eigenvalue weighted by Gasteiger charge is -2.32. The second-order valence-electron chi connectivity index (χ2n) is 7.14. The van der Waals surface area contributed by atoms with Gasteiger partial charge in [-0.05, 0) is 43.1 Å². The summed E-state index contributed by atoms with van der Waals surface area (Å²) in [4.78, 5) is 33.9. The second kappa shape index (κ2) is 8.97. The molecular formula is C22H28N4O2. The van der Waals surface area contributed by atoms with Gasteiger partial charge in [0.15, 0.2) is 0 Å². The highest BCUT2D eigenvalue weighted by molar-refractivity contribution is 6.05. The number of carbonyl (C=O) groups is 2. The van der Waals surface area contributed by atoms with Gasteiger partial charge in [0.25, 0.3) is 11.8 Å². The van der Waals surface area contributed by atoms with E-state index in [-0.39, 0.29) is 17.5 Å². The summed E-state index contributed by atoms with van der Waals surface area (Å²) in [6.45, 7) is 7.25. The van der Waals surface area contributed by atoms with Crippen molar-refractivity contribution in [3.63, 3.8) is 0 Å². The standard InChI is InChI=1S/C22H28N4O2/c1-4-16-7-6-8-17(5-2)20(16)24-21(27)19-15-18(9-10-23-19)22(28)26-13-11-25(3)12-14-26/h6-10,15H,4-5,11-14H2,1-3H3,(H,24,27). The van der Waals surface area contributed by atoms with Crippen LogP contribution in [0.15, 0.2) is 36.5 Å². The van der Waals surface area contributed by atoms with Crippen molar-refractivity contribution in [3.05, 3.63) is 58.9 Å². The highest BCUT2D eigenvalue weighted by Gasteiger charge is 2.22. The van der Waals surface area contributed by atoms with Gasteiger partial charge in [-0.2, -0.15) is 0 Å². The molecule has 6 heteroatoms. The van der Waals surface area contributed by atoms with Crippen LogP contribution in [-0.4, -0.2) is 59.8 Å². The molecule has 0 spiro atoms. The number of nitrogens with zero attached hydrogens (tertiary/aromatic N) is 3. The molecule has 0 atom stereocenters. The number of amides is 2. The van der Waals surface area contributed by atoms with E-state index in [0.29, 0.717) is 18.7 Å². The summed E-state index contributed by atoms with van der Waals surface area (Å²) in [5.74, 6) is -0.337. The molecule has 1 N–H and O–H groups in total. The van der Waals surface area contributed by atoms with Crippen LogP contribution < -0.4 is 5.32 Å². The molecule has 3 rings (SSSR count). The number of nitrogens with one attached hydrogen (secondary N) is 1. The van der Waals surface area contributed by atoms with Crippen LogP contribution in [0, 0.1) is 0 Å². The van der Waals surface area contributed by atoms with Gasteiger partial charge in [-0.3, -0.25) is 14.6 Å². The van der Waals surface area contributed by atoms with Crippen molar-refractivity contribution in [3.8, 4) is 0 Å². The van der Waals surface area contributed by atoms with Gasteiger partial charge in [0, 0.05) is 43.6 Å². The minimum Gasteiger partial charge on any atom is -0.336 e. The van der Waals surface area contributed by atoms with Crippen molar-refractivity contribution in [2.24, 2.45) is 0 Å². The lowest BCUT2D eigenvalue weighted by molar-refractivity contribution is 0.0664. The SMILES string of the molecule is CCc1cccc(CC)c1NC(=O)c1cc(C(=O)N2CCN(C)CC2)ccn1. The minimum atomic E-state index is -0.288. The van der Waals surface area contributed by atoms with E-state index >= 15 is 0 Å². The van der Waals surface area contributed by atoms with E-state index < -0.39 is 0 Å². The number of pyridine rings is 1. The van der Waals surface area contributed by atoms with Gasteiger partial charge >= 0.3 is 0 Å². The first kappa shape index (κ1) is 20.0. The lowest BCUT2D eigenvalue weighted by atomic mass is 10.0. The van der Waals surface area contributed by atoms with Gasteiger partial charge in [0.05, 0.1) is 0 Å². The average Bonchev–Trinajstić information content (AvgIpc) is 2.74. The maximum atomic E-state index is 12.8. The van der Waals surface area contributed by atoms with Gasteiger partial charge in [0.2, 0.25) is 0 Å². The molecule has 148 valence electrons. The van der Waals surface area contributed by atoms with E-state index in [9.17, 15) is 9.59 Å². The molecule has 1 saturated heterocycles. The molecule has 2 heterocycles. The summed E-state index contributed by atoms with van der Waals surface area (Å²) in [6, 6.07) is 9.33. The van der Waals surface area contributed by atoms with Crippen molar-refractivity contribution >= 4 is 17.5 Å². The average molecular weight is 380 g/mol. The zero-order chi connectivity index (χ0) is 20.1. The summed E-state index contributed by atoms with van der Waals surface area (Å²) in [5, 5.41) is 3.02. The summed E-state index contributed by atoms with van der Waals surface area (Å²) in [7, 11) is 2.05. The van der Waals surface area contributed by atoms with Crippen molar-refractivity contribution in [2.45, 2.75) is 26.7 Å². The number of piperazine rings is 1. The first-order valence-corrected chi connectivity index (χ1v) is 9.89. The van der Waals surface area contributed by atoms with E-state index in [2.05, 4.69) is 36.1 Å². The Morgan fingerprint density at radius 1 is 1.04 bits per heavy atom. The fourth-order valence-corrected chi connectivity index (χ4v) is 3.46. The quantitative estimate of drug-likeness (QED) is 0.866. The Morgan fingerprint density at radius 3 is 2.29 bits per heavy atom. The van der Waals surface area contributed by atoms with Crippen LogP contribution >= 0.6 is 0 Å². The summed E-state index contributed by atoms with van der Waals surface area (Å²) < 4.78 is 0. The van der Waals surface area contributed by atoms with Crippen LogP contribution in [0.1, 0.15) is 45.8 Å². The number of anilines is 1. The number of hydrogen-bond donors (Lipinski definition) is 1. The molecule has 1 fully saturated rings. The van der Waals surface area contributed by atoms with Gasteiger partial charge in [0.1, 0.15) is 5.69 Å². The molecule has 2 amide bonds. The smallest absolute Gasteiger partial charge is 0.274 e. The predicted molar refractivity (Wildman–Crippen MR) is 111 cm³/mol. The molecule has 1 aromatic carbocycles. The van der Waals surface area contributed by atoms with Crippen molar-refractivity contribution in [1.29, 1.82) is 0 Å². The van der Waals surface area contributed by atoms with Crippen LogP contribution in [0.3, 0.4) is 0 Å². The number of likely N-dealkylation sites (N-methyl/N-ethyl adjacent to an activating group) is 1. The van der Waals surface area contributed by atoms with Crippen molar-refractivity contribution in [1.82, 2.24) is 14.8 Å². The Kier molecular flexibility index (Phi) is 6.41. The van der Waals surface area contributed by atoms with Gasteiger partial charge in [-0.25, -0.2) is 0 Å². The first-order chi connectivity index (χ1) is 13.5. The third-order valence-corrected chi connectivity index (χ3v) is 5.27. The molecule has 0 unspecified atom stereocenters. The number of rotatable bonds is 5. The molecular weight excluding hydrogens is 352 g/mol. The van der Waals surface area contributed by atoms with Crippen molar-refractivity contribution < 1.29 is 9.59 Å². The molecule has 0 aliphatic carbocycles. The van der Waals surface area contributed by atoms with E-state index in [0.717, 1.165) is 42.7 Å². The fraction of sp³-hybridized carbons (Fsp3) is 0.409. The maximum Gasteiger partial charge on any atom is 0.274 e. The molecule has 1 aliphatic heterocycles. The molecule has 0 saturated carbocycles. The Labute approximate surface area is 166 Å². The summed E-state index contributed by atoms with van der Waals surface area (Å²) in [5.41, 5.74) is 3.81. The zero-order valence-corrected chi connectivity index (χ0v) is 16.9. The fourth-order valence-electron chi connectivity index (χ4n) is 3.46. The topological polar surface area (TPSA) is 65.5 Å². The lowest BCUT2D eigenvalue weighted by Crippen LogP contribution is -2.47. The number of carbonyl (C=O) groups excluding carboxylic acids is 2. The van der Waals surface area contributed by atoms with Crippen LogP contribution in [0.4, 0.5) is 5.69 Å². The molecule has 1 aliphatic rings. The molecule has 0 radical (unpaired) electrons. The number of benzene rings is 1. The van der Waals surface area contributed by atoms with E-state index in [1.807, 2.05) is 23.1 Å². The molecule has 2 aromatic rings. The largest absolute Gasteiger partial charge is 0.336 e. The molecule has 28 heavy (non-hydrogen) atoms. The van der Waals surface area contributed by atoms with E-state index in [1.54, 1.807) is 12.1 Å². The summed E-state index contributed by atoms with van der Waals surface area (Å²) >= 11 is 0. The normalized spacial score (nSPS) is 14.8. The highest BCUT2D eigenvalue weighted by Crippen LogP contribution is 2.23. The Bertz CT molecular complexity index is 835. The van der Waals surface area contributed by atoms with Crippen LogP contribution in [0.5, 0.6) is 0 Å². The molecule has 6 nitrogen and oxygen atoms in total. The minimum absolute atomic E-state index is 0.0484. The zero-order valence-electron chi connectivity index (χ0n) is 16.9. The van der Waals surface area contributed by atoms with Crippen LogP contribution in [0.25, 0.3) is 0 Å². The second-order valence-corrected chi connectivity index (χ2v) is 7.14. The highest BCUT2D eigenvalue weighted by atomic mass is 16.2. The maximum absolute atomic E-state index is 12.8. The Balaban J connectivity index is 1.79. The van der Waals surface area contributed by atoms with E-state index in [1.165, 1.54) is 6.20 Å². The summed E-state index contributed by atoms with van der Waals surface area (Å²) in [6.07, 6.45) is 3.20. The Hall–Kier alpha value is -2.73. The number of hydrogen-bond acceptors (Lipinski definition) is 4.